The van der Waals surface area contributed by atoms with E-state index in [2.05, 4.69) is 42.0 Å². The fraction of sp³-hybridized carbons (Fsp3) is 0.652. The summed E-state index contributed by atoms with van der Waals surface area (Å²) in [6.45, 7) is 11.0. The van der Waals surface area contributed by atoms with Crippen molar-refractivity contribution in [3.63, 3.8) is 0 Å². The van der Waals surface area contributed by atoms with Crippen molar-refractivity contribution in [2.75, 3.05) is 19.8 Å². The van der Waals surface area contributed by atoms with Crippen LogP contribution in [-0.4, -0.2) is 44.2 Å². The maximum Gasteiger partial charge on any atom is 0.116 e. The highest BCUT2D eigenvalue weighted by Crippen LogP contribution is 2.25. The molecule has 29 heavy (non-hydrogen) atoms. The van der Waals surface area contributed by atoms with E-state index in [0.29, 0.717) is 33.0 Å². The van der Waals surface area contributed by atoms with E-state index >= 15 is 0 Å². The first-order chi connectivity index (χ1) is 14.2. The van der Waals surface area contributed by atoms with Crippen LogP contribution in [0.15, 0.2) is 36.9 Å². The summed E-state index contributed by atoms with van der Waals surface area (Å²) < 4.78 is 30.5. The molecule has 1 aliphatic heterocycles. The van der Waals surface area contributed by atoms with Gasteiger partial charge in [0, 0.05) is 22.7 Å². The minimum absolute atomic E-state index is 0.288. The number of rotatable bonds is 11. The highest BCUT2D eigenvalue weighted by Gasteiger charge is 2.37. The first-order valence-electron chi connectivity index (χ1n) is 10.7. The van der Waals surface area contributed by atoms with E-state index in [0.717, 1.165) is 36.8 Å². The first kappa shape index (κ1) is 24.5. The van der Waals surface area contributed by atoms with Crippen LogP contribution in [-0.2, 0) is 36.7 Å². The van der Waals surface area contributed by atoms with Gasteiger partial charge in [-0.3, -0.25) is 0 Å². The zero-order valence-corrected chi connectivity index (χ0v) is 19.0. The van der Waals surface area contributed by atoms with Crippen molar-refractivity contribution in [2.24, 2.45) is 0 Å². The first-order valence-corrected chi connectivity index (χ1v) is 11.2. The fourth-order valence-electron chi connectivity index (χ4n) is 3.34. The molecule has 0 spiro atoms. The molecule has 0 aromatic heterocycles. The second kappa shape index (κ2) is 14.2. The standard InChI is InChI=1S/C23H37O5P/c1-4-7-13-25-20(6-3)22-23(26-14-8-5-2)21(28-29)17-24-15-18-11-9-10-12-19(18)16-27-22/h6,9-12,20-23H,3-5,7-8,13-17,29H2,1-2H3/t20-,21?,22?,23-/m1/s1. The maximum absolute atomic E-state index is 6.44. The lowest BCUT2D eigenvalue weighted by atomic mass is 10.0. The monoisotopic (exact) mass is 424 g/mol. The molecule has 0 saturated carbocycles. The molecule has 0 bridgehead atoms. The summed E-state index contributed by atoms with van der Waals surface area (Å²) in [5, 5.41) is 0. The third-order valence-corrected chi connectivity index (χ3v) is 5.48. The molecule has 0 aliphatic carbocycles. The summed E-state index contributed by atoms with van der Waals surface area (Å²) in [5.74, 6) is 0. The number of fused-ring (bicyclic) bond motifs is 1. The van der Waals surface area contributed by atoms with Crippen LogP contribution in [0.1, 0.15) is 50.7 Å². The van der Waals surface area contributed by atoms with Gasteiger partial charge in [-0.2, -0.15) is 0 Å². The summed E-state index contributed by atoms with van der Waals surface area (Å²) in [6.07, 6.45) is 4.67. The third-order valence-electron chi connectivity index (χ3n) is 5.13. The normalized spacial score (nSPS) is 23.9. The molecular weight excluding hydrogens is 387 g/mol. The van der Waals surface area contributed by atoms with Crippen molar-refractivity contribution >= 4 is 9.47 Å². The Hall–Kier alpha value is -0.810. The second-order valence-electron chi connectivity index (χ2n) is 7.35. The molecule has 2 rings (SSSR count). The molecule has 1 aromatic rings. The average molecular weight is 425 g/mol. The van der Waals surface area contributed by atoms with Crippen LogP contribution in [0.2, 0.25) is 0 Å². The van der Waals surface area contributed by atoms with Crippen molar-refractivity contribution in [3.8, 4) is 0 Å². The lowest BCUT2D eigenvalue weighted by Crippen LogP contribution is -2.50. The molecule has 1 heterocycles. The molecule has 3 unspecified atom stereocenters. The number of benzene rings is 1. The smallest absolute Gasteiger partial charge is 0.116 e. The lowest BCUT2D eigenvalue weighted by Gasteiger charge is -2.37. The highest BCUT2D eigenvalue weighted by molar-refractivity contribution is 7.09. The molecule has 164 valence electrons. The molecule has 6 heteroatoms. The Morgan fingerprint density at radius 3 is 2.48 bits per heavy atom. The van der Waals surface area contributed by atoms with E-state index < -0.39 is 0 Å². The van der Waals surface area contributed by atoms with E-state index in [1.165, 1.54) is 0 Å². The van der Waals surface area contributed by atoms with Gasteiger partial charge in [0.25, 0.3) is 0 Å². The van der Waals surface area contributed by atoms with Crippen molar-refractivity contribution in [3.05, 3.63) is 48.0 Å². The van der Waals surface area contributed by atoms with Gasteiger partial charge >= 0.3 is 0 Å². The van der Waals surface area contributed by atoms with Gasteiger partial charge in [0.1, 0.15) is 24.4 Å². The number of hydrogen-bond acceptors (Lipinski definition) is 5. The maximum atomic E-state index is 6.44. The van der Waals surface area contributed by atoms with Gasteiger partial charge in [-0.05, 0) is 24.0 Å². The topological polar surface area (TPSA) is 46.2 Å². The second-order valence-corrected chi connectivity index (χ2v) is 7.62. The summed E-state index contributed by atoms with van der Waals surface area (Å²) in [4.78, 5) is 0. The van der Waals surface area contributed by atoms with Gasteiger partial charge in [0.15, 0.2) is 0 Å². The van der Waals surface area contributed by atoms with Crippen LogP contribution in [0.25, 0.3) is 0 Å². The van der Waals surface area contributed by atoms with Crippen LogP contribution in [0.3, 0.4) is 0 Å². The molecule has 0 N–H and O–H groups in total. The van der Waals surface area contributed by atoms with Gasteiger partial charge in [0.05, 0.1) is 19.8 Å². The van der Waals surface area contributed by atoms with Gasteiger partial charge < -0.3 is 23.5 Å². The molecule has 0 saturated heterocycles. The summed E-state index contributed by atoms with van der Waals surface area (Å²) in [7, 11) is 2.35. The molecule has 0 amide bonds. The van der Waals surface area contributed by atoms with Crippen LogP contribution in [0, 0.1) is 0 Å². The highest BCUT2D eigenvalue weighted by atomic mass is 31.0. The van der Waals surface area contributed by atoms with Gasteiger partial charge in [-0.1, -0.05) is 57.0 Å². The number of ether oxygens (including phenoxy) is 4. The minimum atomic E-state index is -0.346. The largest absolute Gasteiger partial charge is 0.374 e. The van der Waals surface area contributed by atoms with E-state index in [9.17, 15) is 0 Å². The average Bonchev–Trinajstić information content (AvgIpc) is 2.75. The molecule has 1 aromatic carbocycles. The summed E-state index contributed by atoms with van der Waals surface area (Å²) >= 11 is 0. The van der Waals surface area contributed by atoms with Crippen molar-refractivity contribution in [1.82, 2.24) is 0 Å². The van der Waals surface area contributed by atoms with Crippen molar-refractivity contribution in [2.45, 2.75) is 77.2 Å². The van der Waals surface area contributed by atoms with Gasteiger partial charge in [-0.25, -0.2) is 0 Å². The van der Waals surface area contributed by atoms with E-state index in [1.54, 1.807) is 0 Å². The van der Waals surface area contributed by atoms with Crippen LogP contribution < -0.4 is 0 Å². The fourth-order valence-corrected chi connectivity index (χ4v) is 3.57. The third kappa shape index (κ3) is 7.75. The Bertz CT molecular complexity index is 582. The Balaban J connectivity index is 2.28. The van der Waals surface area contributed by atoms with Crippen molar-refractivity contribution in [1.29, 1.82) is 0 Å². The molecule has 0 radical (unpaired) electrons. The van der Waals surface area contributed by atoms with Gasteiger partial charge in [0.2, 0.25) is 0 Å². The summed E-state index contributed by atoms with van der Waals surface area (Å²) in [6, 6.07) is 8.19. The van der Waals surface area contributed by atoms with Crippen LogP contribution in [0.4, 0.5) is 0 Å². The van der Waals surface area contributed by atoms with Crippen LogP contribution >= 0.6 is 9.47 Å². The zero-order chi connectivity index (χ0) is 20.9. The Labute approximate surface area is 178 Å². The Morgan fingerprint density at radius 2 is 1.83 bits per heavy atom. The molecule has 5 nitrogen and oxygen atoms in total. The quantitative estimate of drug-likeness (QED) is 0.289. The van der Waals surface area contributed by atoms with E-state index in [-0.39, 0.29) is 24.4 Å². The van der Waals surface area contributed by atoms with Crippen LogP contribution in [0.5, 0.6) is 0 Å². The minimum Gasteiger partial charge on any atom is -0.374 e. The Morgan fingerprint density at radius 1 is 1.14 bits per heavy atom. The van der Waals surface area contributed by atoms with E-state index in [4.69, 9.17) is 23.5 Å². The SMILES string of the molecule is C=C[C@@H](OCCCC)C1OCc2ccccc2COCC(OP)[C@H]1OCCCC. The molecule has 5 atom stereocenters. The predicted octanol–water partition coefficient (Wildman–Crippen LogP) is 4.83. The number of unbranched alkanes of at least 4 members (excludes halogenated alkanes) is 2. The van der Waals surface area contributed by atoms with Crippen molar-refractivity contribution < 1.29 is 23.5 Å². The molecule has 1 aliphatic rings. The number of hydrogen-bond donors (Lipinski definition) is 0. The molecular formula is C23H37O5P. The lowest BCUT2D eigenvalue weighted by molar-refractivity contribution is -0.168. The predicted molar refractivity (Wildman–Crippen MR) is 119 cm³/mol. The molecule has 0 fully saturated rings. The van der Waals surface area contributed by atoms with E-state index in [1.807, 2.05) is 18.2 Å². The zero-order valence-electron chi connectivity index (χ0n) is 17.9. The summed E-state index contributed by atoms with van der Waals surface area (Å²) in [5.41, 5.74) is 2.24. The Kier molecular flexibility index (Phi) is 12.0. The van der Waals surface area contributed by atoms with Gasteiger partial charge in [-0.15, -0.1) is 6.58 Å².